The lowest BCUT2D eigenvalue weighted by atomic mass is 9.94. The second kappa shape index (κ2) is 10.9. The van der Waals surface area contributed by atoms with Gasteiger partial charge in [-0.25, -0.2) is 0 Å². The normalized spacial score (nSPS) is 20.6. The summed E-state index contributed by atoms with van der Waals surface area (Å²) >= 11 is 0. The Morgan fingerprint density at radius 2 is 1.84 bits per heavy atom. The number of carboxylic acid groups (broad SMARTS) is 1. The van der Waals surface area contributed by atoms with Gasteiger partial charge in [-0.2, -0.15) is 0 Å². The third kappa shape index (κ3) is 7.26. The van der Waals surface area contributed by atoms with Gasteiger partial charge in [0, 0.05) is 19.1 Å². The number of amides is 1. The maximum absolute atomic E-state index is 12.1. The first-order chi connectivity index (χ1) is 12.2. The van der Waals surface area contributed by atoms with Crippen LogP contribution in [-0.2, 0) is 20.7 Å². The Balaban J connectivity index is 1.60. The molecule has 5 heteroatoms. The van der Waals surface area contributed by atoms with Crippen molar-refractivity contribution < 1.29 is 19.4 Å². The van der Waals surface area contributed by atoms with Crippen LogP contribution in [0.3, 0.4) is 0 Å². The molecule has 1 saturated carbocycles. The lowest BCUT2D eigenvalue weighted by Crippen LogP contribution is -2.42. The highest BCUT2D eigenvalue weighted by molar-refractivity contribution is 5.78. The molecule has 25 heavy (non-hydrogen) atoms. The van der Waals surface area contributed by atoms with Gasteiger partial charge in [0.1, 0.15) is 0 Å². The Morgan fingerprint density at radius 1 is 1.08 bits per heavy atom. The van der Waals surface area contributed by atoms with Gasteiger partial charge in [-0.15, -0.1) is 0 Å². The number of ether oxygens (including phenoxy) is 1. The summed E-state index contributed by atoms with van der Waals surface area (Å²) in [5, 5.41) is 12.3. The molecular formula is C20H29NO4. The van der Waals surface area contributed by atoms with Crippen molar-refractivity contribution in [2.24, 2.45) is 5.92 Å². The minimum Gasteiger partial charge on any atom is -0.481 e. The van der Waals surface area contributed by atoms with Crippen molar-refractivity contribution in [1.29, 1.82) is 0 Å². The quantitative estimate of drug-likeness (QED) is 0.531. The molecule has 2 atom stereocenters. The van der Waals surface area contributed by atoms with E-state index in [1.54, 1.807) is 0 Å². The van der Waals surface area contributed by atoms with Crippen molar-refractivity contribution in [1.82, 2.24) is 5.32 Å². The van der Waals surface area contributed by atoms with E-state index in [0.717, 1.165) is 32.1 Å². The molecule has 0 bridgehead atoms. The van der Waals surface area contributed by atoms with Crippen LogP contribution in [0.2, 0.25) is 0 Å². The second-order valence-electron chi connectivity index (χ2n) is 6.71. The first-order valence-electron chi connectivity index (χ1n) is 9.30. The first kappa shape index (κ1) is 19.4. The summed E-state index contributed by atoms with van der Waals surface area (Å²) in [5.41, 5.74) is 1.24. The first-order valence-corrected chi connectivity index (χ1v) is 9.30. The standard InChI is InChI=1S/C20H29NO4/c22-19(21-18-11-6-2-5-10-17(18)20(23)24)12-7-14-25-15-13-16-8-3-1-4-9-16/h1,3-4,8-9,17-18H,2,5-7,10-15H2,(H,21,22)(H,23,24)/t17-,18+/m1/s1. The fourth-order valence-electron chi connectivity index (χ4n) is 3.33. The Kier molecular flexibility index (Phi) is 8.46. The SMILES string of the molecule is O=C(CCCOCCc1ccccc1)N[C@H]1CCCCC[C@H]1C(=O)O. The van der Waals surface area contributed by atoms with Crippen molar-refractivity contribution in [3.8, 4) is 0 Å². The van der Waals surface area contributed by atoms with Crippen molar-refractivity contribution >= 4 is 11.9 Å². The number of aliphatic carboxylic acids is 1. The smallest absolute Gasteiger partial charge is 0.308 e. The number of nitrogens with one attached hydrogen (secondary N) is 1. The topological polar surface area (TPSA) is 75.6 Å². The van der Waals surface area contributed by atoms with Crippen LogP contribution >= 0.6 is 0 Å². The molecule has 2 N–H and O–H groups in total. The number of hydrogen-bond acceptors (Lipinski definition) is 3. The molecule has 2 rings (SSSR count). The predicted molar refractivity (Wildman–Crippen MR) is 96.3 cm³/mol. The van der Waals surface area contributed by atoms with Crippen LogP contribution in [0.5, 0.6) is 0 Å². The third-order valence-corrected chi connectivity index (χ3v) is 4.75. The van der Waals surface area contributed by atoms with E-state index in [0.29, 0.717) is 32.5 Å². The zero-order valence-corrected chi connectivity index (χ0v) is 14.8. The van der Waals surface area contributed by atoms with Crippen LogP contribution in [0.15, 0.2) is 30.3 Å². The zero-order valence-electron chi connectivity index (χ0n) is 14.8. The van der Waals surface area contributed by atoms with Gasteiger partial charge in [0.05, 0.1) is 12.5 Å². The van der Waals surface area contributed by atoms with Crippen LogP contribution in [0.1, 0.15) is 50.5 Å². The van der Waals surface area contributed by atoms with Crippen LogP contribution in [-0.4, -0.2) is 36.2 Å². The number of carboxylic acids is 1. The van der Waals surface area contributed by atoms with Gasteiger partial charge in [0.25, 0.3) is 0 Å². The second-order valence-corrected chi connectivity index (χ2v) is 6.71. The molecule has 1 aromatic carbocycles. The van der Waals surface area contributed by atoms with Crippen molar-refractivity contribution in [2.75, 3.05) is 13.2 Å². The summed E-state index contributed by atoms with van der Waals surface area (Å²) in [7, 11) is 0. The molecule has 0 heterocycles. The third-order valence-electron chi connectivity index (χ3n) is 4.75. The zero-order chi connectivity index (χ0) is 17.9. The molecule has 0 radical (unpaired) electrons. The van der Waals surface area contributed by atoms with Crippen LogP contribution in [0.4, 0.5) is 0 Å². The summed E-state index contributed by atoms with van der Waals surface area (Å²) in [5.74, 6) is -1.31. The average molecular weight is 347 g/mol. The molecule has 0 aromatic heterocycles. The maximum atomic E-state index is 12.1. The molecule has 1 aliphatic rings. The predicted octanol–water partition coefficient (Wildman–Crippen LogP) is 3.18. The molecule has 1 fully saturated rings. The van der Waals surface area contributed by atoms with Gasteiger partial charge in [-0.1, -0.05) is 49.6 Å². The Morgan fingerprint density at radius 3 is 2.60 bits per heavy atom. The minimum atomic E-state index is -0.795. The highest BCUT2D eigenvalue weighted by Gasteiger charge is 2.30. The number of hydrogen-bond donors (Lipinski definition) is 2. The monoisotopic (exact) mass is 347 g/mol. The molecule has 0 saturated heterocycles. The largest absolute Gasteiger partial charge is 0.481 e. The van der Waals surface area contributed by atoms with Gasteiger partial charge in [-0.3, -0.25) is 9.59 Å². The molecule has 5 nitrogen and oxygen atoms in total. The lowest BCUT2D eigenvalue weighted by molar-refractivity contribution is -0.143. The number of benzene rings is 1. The molecule has 1 amide bonds. The summed E-state index contributed by atoms with van der Waals surface area (Å²) < 4.78 is 5.58. The van der Waals surface area contributed by atoms with Crippen LogP contribution in [0.25, 0.3) is 0 Å². The number of carbonyl (C=O) groups excluding carboxylic acids is 1. The van der Waals surface area contributed by atoms with E-state index in [2.05, 4.69) is 17.4 Å². The summed E-state index contributed by atoms with van der Waals surface area (Å²) in [4.78, 5) is 23.5. The van der Waals surface area contributed by atoms with Gasteiger partial charge >= 0.3 is 5.97 Å². The van der Waals surface area contributed by atoms with Crippen LogP contribution < -0.4 is 5.32 Å². The average Bonchev–Trinajstić information content (AvgIpc) is 2.84. The Labute approximate surface area is 149 Å². The van der Waals surface area contributed by atoms with E-state index in [-0.39, 0.29) is 11.9 Å². The molecular weight excluding hydrogens is 318 g/mol. The van der Waals surface area contributed by atoms with Gasteiger partial charge in [0.15, 0.2) is 0 Å². The fraction of sp³-hybridized carbons (Fsp3) is 0.600. The minimum absolute atomic E-state index is 0.0650. The van der Waals surface area contributed by atoms with Crippen LogP contribution in [0, 0.1) is 5.92 Å². The molecule has 138 valence electrons. The van der Waals surface area contributed by atoms with Crippen molar-refractivity contribution in [2.45, 2.75) is 57.4 Å². The molecule has 1 aliphatic carbocycles. The summed E-state index contributed by atoms with van der Waals surface area (Å²) in [6.45, 7) is 1.20. The van der Waals surface area contributed by atoms with Gasteiger partial charge in [-0.05, 0) is 31.2 Å². The van der Waals surface area contributed by atoms with Gasteiger partial charge in [0.2, 0.25) is 5.91 Å². The highest BCUT2D eigenvalue weighted by atomic mass is 16.5. The Bertz CT molecular complexity index is 532. The van der Waals surface area contributed by atoms with E-state index in [4.69, 9.17) is 4.74 Å². The lowest BCUT2D eigenvalue weighted by Gasteiger charge is -2.22. The molecule has 1 aromatic rings. The fourth-order valence-corrected chi connectivity index (χ4v) is 3.33. The van der Waals surface area contributed by atoms with E-state index in [1.807, 2.05) is 18.2 Å². The van der Waals surface area contributed by atoms with Gasteiger partial charge < -0.3 is 15.2 Å². The van der Waals surface area contributed by atoms with Crippen molar-refractivity contribution in [3.05, 3.63) is 35.9 Å². The van der Waals surface area contributed by atoms with E-state index < -0.39 is 11.9 Å². The van der Waals surface area contributed by atoms with Crippen molar-refractivity contribution in [3.63, 3.8) is 0 Å². The van der Waals surface area contributed by atoms with E-state index in [9.17, 15) is 14.7 Å². The Hall–Kier alpha value is -1.88. The molecule has 0 unspecified atom stereocenters. The van der Waals surface area contributed by atoms with E-state index in [1.165, 1.54) is 5.56 Å². The number of carbonyl (C=O) groups is 2. The molecule has 0 spiro atoms. The maximum Gasteiger partial charge on any atom is 0.308 e. The highest BCUT2D eigenvalue weighted by Crippen LogP contribution is 2.24. The molecule has 0 aliphatic heterocycles. The van der Waals surface area contributed by atoms with E-state index >= 15 is 0 Å². The number of rotatable bonds is 9. The summed E-state index contributed by atoms with van der Waals surface area (Å²) in [6.07, 6.45) is 6.29. The summed E-state index contributed by atoms with van der Waals surface area (Å²) in [6, 6.07) is 9.93.